The Morgan fingerprint density at radius 3 is 1.28 bits per heavy atom. The highest BCUT2D eigenvalue weighted by Crippen LogP contribution is 2.28. The number of anilines is 4. The van der Waals surface area contributed by atoms with Gasteiger partial charge in [-0.1, -0.05) is 95.2 Å². The summed E-state index contributed by atoms with van der Waals surface area (Å²) in [6, 6.07) is 47.3. The van der Waals surface area contributed by atoms with Crippen LogP contribution in [0.15, 0.2) is 152 Å². The highest BCUT2D eigenvalue weighted by Gasteiger charge is 2.15. The normalized spacial score (nSPS) is 10.8. The van der Waals surface area contributed by atoms with E-state index in [9.17, 15) is 0 Å². The fourth-order valence-electron chi connectivity index (χ4n) is 5.89. The van der Waals surface area contributed by atoms with Gasteiger partial charge in [0.05, 0.1) is 38.6 Å². The van der Waals surface area contributed by atoms with Gasteiger partial charge in [-0.2, -0.15) is 0 Å². The summed E-state index contributed by atoms with van der Waals surface area (Å²) in [5, 5.41) is 18.0. The van der Waals surface area contributed by atoms with Crippen molar-refractivity contribution in [2.24, 2.45) is 0 Å². The van der Waals surface area contributed by atoms with Gasteiger partial charge in [-0.3, -0.25) is 0 Å². The molecule has 246 valence electrons. The van der Waals surface area contributed by atoms with Crippen molar-refractivity contribution in [1.29, 1.82) is 0 Å². The lowest BCUT2D eigenvalue weighted by Gasteiger charge is -2.24. The van der Waals surface area contributed by atoms with Crippen molar-refractivity contribution in [3.63, 3.8) is 0 Å². The number of para-hydroxylation sites is 4. The molecule has 0 spiro atoms. The van der Waals surface area contributed by atoms with E-state index in [4.69, 9.17) is 11.2 Å². The van der Waals surface area contributed by atoms with Crippen LogP contribution in [0.5, 0.6) is 5.75 Å². The lowest BCUT2D eigenvalue weighted by molar-refractivity contribution is 0.369. The Morgan fingerprint density at radius 2 is 0.920 bits per heavy atom. The number of rotatable bonds is 14. The fraction of sp³-hybridized carbons (Fsp3) is 0.122. The second kappa shape index (κ2) is 15.5. The van der Waals surface area contributed by atoms with Gasteiger partial charge in [-0.15, -0.1) is 16.6 Å². The maximum atomic E-state index is 5.88. The summed E-state index contributed by atoms with van der Waals surface area (Å²) >= 11 is 0. The summed E-state index contributed by atoms with van der Waals surface area (Å²) in [4.78, 5) is 4.46. The minimum atomic E-state index is 0.174. The molecule has 0 aliphatic heterocycles. The molecule has 0 atom stereocenters. The summed E-state index contributed by atoms with van der Waals surface area (Å²) in [6.45, 7) is 2.34. The minimum absolute atomic E-state index is 0.174. The molecule has 0 aliphatic rings. The van der Waals surface area contributed by atoms with Crippen molar-refractivity contribution < 1.29 is 4.74 Å². The SMILES string of the molecule is C#CCOc1cc(Cn2cc(CN(c3ccccc3)c3ccccc3)nn2)cc(Cn2cc(CN(c3ccccc3)c3ccccc3)nn2)c1. The van der Waals surface area contributed by atoms with Crippen molar-refractivity contribution in [1.82, 2.24) is 30.0 Å². The Kier molecular flexibility index (Phi) is 9.89. The van der Waals surface area contributed by atoms with Crippen LogP contribution >= 0.6 is 0 Å². The highest BCUT2D eigenvalue weighted by molar-refractivity contribution is 5.64. The van der Waals surface area contributed by atoms with Gasteiger partial charge in [0.25, 0.3) is 0 Å². The maximum absolute atomic E-state index is 5.88. The quantitative estimate of drug-likeness (QED) is 0.111. The first kappa shape index (κ1) is 31.9. The molecule has 9 heteroatoms. The number of ether oxygens (including phenoxy) is 1. The molecule has 2 heterocycles. The van der Waals surface area contributed by atoms with Gasteiger partial charge >= 0.3 is 0 Å². The zero-order chi connectivity index (χ0) is 34.0. The summed E-state index contributed by atoms with van der Waals surface area (Å²) in [6.07, 6.45) is 9.50. The van der Waals surface area contributed by atoms with Gasteiger partial charge in [-0.05, 0) is 71.8 Å². The molecule has 0 amide bonds. The van der Waals surface area contributed by atoms with Crippen LogP contribution in [0.4, 0.5) is 22.7 Å². The lowest BCUT2D eigenvalue weighted by atomic mass is 10.1. The van der Waals surface area contributed by atoms with E-state index in [1.165, 1.54) is 0 Å². The van der Waals surface area contributed by atoms with Crippen molar-refractivity contribution in [2.45, 2.75) is 26.2 Å². The summed E-state index contributed by atoms with van der Waals surface area (Å²) in [5.41, 5.74) is 8.06. The summed E-state index contributed by atoms with van der Waals surface area (Å²) in [5.74, 6) is 3.25. The van der Waals surface area contributed by atoms with Crippen LogP contribution in [0.2, 0.25) is 0 Å². The molecule has 50 heavy (non-hydrogen) atoms. The van der Waals surface area contributed by atoms with Gasteiger partial charge in [0, 0.05) is 22.7 Å². The van der Waals surface area contributed by atoms with E-state index in [-0.39, 0.29) is 6.61 Å². The molecule has 0 saturated carbocycles. The number of aromatic nitrogens is 6. The largest absolute Gasteiger partial charge is 0.481 e. The zero-order valence-electron chi connectivity index (χ0n) is 27.5. The maximum Gasteiger partial charge on any atom is 0.148 e. The molecule has 7 aromatic rings. The Balaban J connectivity index is 1.08. The Hall–Kier alpha value is -6.66. The van der Waals surface area contributed by atoms with Crippen LogP contribution in [0.25, 0.3) is 0 Å². The fourth-order valence-corrected chi connectivity index (χ4v) is 5.89. The second-order valence-electron chi connectivity index (χ2n) is 11.8. The molecule has 0 unspecified atom stereocenters. The van der Waals surface area contributed by atoms with E-state index in [2.05, 4.69) is 90.9 Å². The third-order valence-corrected chi connectivity index (χ3v) is 8.12. The summed E-state index contributed by atoms with van der Waals surface area (Å²) < 4.78 is 9.58. The third kappa shape index (κ3) is 8.06. The van der Waals surface area contributed by atoms with Gasteiger partial charge in [0.15, 0.2) is 0 Å². The average Bonchev–Trinajstić information content (AvgIpc) is 3.82. The van der Waals surface area contributed by atoms with E-state index < -0.39 is 0 Å². The topological polar surface area (TPSA) is 77.1 Å². The molecular formula is C41H36N8O. The van der Waals surface area contributed by atoms with Crippen LogP contribution in [0.3, 0.4) is 0 Å². The van der Waals surface area contributed by atoms with Crippen molar-refractivity contribution in [3.8, 4) is 18.1 Å². The number of terminal acetylenes is 1. The zero-order valence-corrected chi connectivity index (χ0v) is 27.5. The molecular weight excluding hydrogens is 621 g/mol. The van der Waals surface area contributed by atoms with Gasteiger partial charge in [-0.25, -0.2) is 9.36 Å². The molecule has 7 rings (SSSR count). The van der Waals surface area contributed by atoms with Crippen LogP contribution in [-0.2, 0) is 26.2 Å². The molecule has 5 aromatic carbocycles. The van der Waals surface area contributed by atoms with E-state index in [1.807, 2.05) is 107 Å². The standard InChI is InChI=1S/C41H36N8O/c1-2-23-50-41-25-33(27-46-29-35(42-44-46)31-48(37-15-7-3-8-16-37)38-17-9-4-10-18-38)24-34(26-41)28-47-30-36(43-45-47)32-49(39-19-11-5-12-20-39)40-21-13-6-14-22-40/h1,3-22,24-26,29-30H,23,27-28,31-32H2. The van der Waals surface area contributed by atoms with E-state index >= 15 is 0 Å². The molecule has 0 bridgehead atoms. The van der Waals surface area contributed by atoms with Crippen LogP contribution in [-0.4, -0.2) is 36.6 Å². The first-order valence-corrected chi connectivity index (χ1v) is 16.4. The van der Waals surface area contributed by atoms with Crippen LogP contribution in [0, 0.1) is 12.3 Å². The number of hydrogen-bond acceptors (Lipinski definition) is 7. The summed E-state index contributed by atoms with van der Waals surface area (Å²) in [7, 11) is 0. The Morgan fingerprint density at radius 1 is 0.540 bits per heavy atom. The van der Waals surface area contributed by atoms with E-state index in [0.717, 1.165) is 45.3 Å². The van der Waals surface area contributed by atoms with E-state index in [0.29, 0.717) is 31.9 Å². The molecule has 9 nitrogen and oxygen atoms in total. The second-order valence-corrected chi connectivity index (χ2v) is 11.8. The predicted molar refractivity (Wildman–Crippen MR) is 196 cm³/mol. The minimum Gasteiger partial charge on any atom is -0.481 e. The monoisotopic (exact) mass is 656 g/mol. The van der Waals surface area contributed by atoms with Gasteiger partial charge in [0.2, 0.25) is 0 Å². The van der Waals surface area contributed by atoms with Crippen molar-refractivity contribution in [3.05, 3.63) is 174 Å². The van der Waals surface area contributed by atoms with Gasteiger partial charge in [0.1, 0.15) is 23.7 Å². The Bertz CT molecular complexity index is 1920. The van der Waals surface area contributed by atoms with Gasteiger partial charge < -0.3 is 14.5 Å². The van der Waals surface area contributed by atoms with Crippen LogP contribution < -0.4 is 14.5 Å². The first-order chi connectivity index (χ1) is 24.7. The molecule has 0 saturated heterocycles. The number of benzene rings is 5. The lowest BCUT2D eigenvalue weighted by Crippen LogP contribution is -2.16. The molecule has 0 aliphatic carbocycles. The van der Waals surface area contributed by atoms with Crippen molar-refractivity contribution >= 4 is 22.7 Å². The molecule has 0 radical (unpaired) electrons. The molecule has 0 N–H and O–H groups in total. The molecule has 0 fully saturated rings. The smallest absolute Gasteiger partial charge is 0.148 e. The number of nitrogens with zero attached hydrogens (tertiary/aromatic N) is 8. The van der Waals surface area contributed by atoms with E-state index in [1.54, 1.807) is 0 Å². The average molecular weight is 657 g/mol. The van der Waals surface area contributed by atoms with Crippen molar-refractivity contribution in [2.75, 3.05) is 16.4 Å². The van der Waals surface area contributed by atoms with Crippen LogP contribution in [0.1, 0.15) is 22.5 Å². The number of hydrogen-bond donors (Lipinski definition) is 0. The first-order valence-electron chi connectivity index (χ1n) is 16.4. The highest BCUT2D eigenvalue weighted by atomic mass is 16.5. The third-order valence-electron chi connectivity index (χ3n) is 8.12. The molecule has 2 aromatic heterocycles. The Labute approximate surface area is 292 Å². The predicted octanol–water partition coefficient (Wildman–Crippen LogP) is 7.65.